The van der Waals surface area contributed by atoms with Gasteiger partial charge in [0.25, 0.3) is 0 Å². The van der Waals surface area contributed by atoms with Gasteiger partial charge in [0.1, 0.15) is 18.1 Å². The number of hydrogen-bond acceptors (Lipinski definition) is 3. The second kappa shape index (κ2) is 5.71. The van der Waals surface area contributed by atoms with E-state index in [-0.39, 0.29) is 17.9 Å². The minimum Gasteiger partial charge on any atom is -0.442 e. The Labute approximate surface area is 127 Å². The van der Waals surface area contributed by atoms with Crippen molar-refractivity contribution in [1.82, 2.24) is 5.43 Å². The van der Waals surface area contributed by atoms with Gasteiger partial charge in [0, 0.05) is 16.7 Å². The normalized spacial score (nSPS) is 14.1. The van der Waals surface area contributed by atoms with Crippen molar-refractivity contribution in [1.29, 1.82) is 0 Å². The van der Waals surface area contributed by atoms with E-state index in [1.165, 1.54) is 12.1 Å². The van der Waals surface area contributed by atoms with E-state index in [0.29, 0.717) is 5.56 Å². The van der Waals surface area contributed by atoms with Crippen LogP contribution in [-0.4, -0.2) is 18.4 Å². The first-order valence-electron chi connectivity index (χ1n) is 6.40. The molecule has 3 rings (SSSR count). The molecule has 0 spiro atoms. The third-order valence-corrected chi connectivity index (χ3v) is 3.25. The summed E-state index contributed by atoms with van der Waals surface area (Å²) in [6, 6.07) is 5.32. The van der Waals surface area contributed by atoms with E-state index in [2.05, 4.69) is 10.5 Å². The highest BCUT2D eigenvalue weighted by Crippen LogP contribution is 2.29. The number of ether oxygens (including phenoxy) is 1. The van der Waals surface area contributed by atoms with Crippen LogP contribution in [0.3, 0.4) is 0 Å². The molecule has 2 aromatic rings. The van der Waals surface area contributed by atoms with Crippen LogP contribution in [0.2, 0.25) is 0 Å². The molecule has 1 heterocycles. The summed E-state index contributed by atoms with van der Waals surface area (Å²) in [7, 11) is 0. The van der Waals surface area contributed by atoms with Crippen molar-refractivity contribution in [2.24, 2.45) is 5.10 Å². The third kappa shape index (κ3) is 2.75. The summed E-state index contributed by atoms with van der Waals surface area (Å²) in [5.41, 5.74) is 2.01. The van der Waals surface area contributed by atoms with Crippen molar-refractivity contribution in [2.45, 2.75) is 0 Å². The Hall–Kier alpha value is -2.90. The number of rotatable bonds is 2. The van der Waals surface area contributed by atoms with Gasteiger partial charge in [0.15, 0.2) is 17.5 Å². The number of carbonyl (C=O) groups excluding carboxylic acids is 1. The van der Waals surface area contributed by atoms with Crippen molar-refractivity contribution < 1.29 is 27.1 Å². The van der Waals surface area contributed by atoms with Crippen LogP contribution in [0.4, 0.5) is 22.4 Å². The molecule has 2 aromatic carbocycles. The molecule has 118 valence electrons. The first-order chi connectivity index (χ1) is 11.0. The van der Waals surface area contributed by atoms with Gasteiger partial charge in [-0.3, -0.25) is 0 Å². The number of amides is 1. The summed E-state index contributed by atoms with van der Waals surface area (Å²) >= 11 is 0. The number of benzene rings is 2. The monoisotopic (exact) mass is 324 g/mol. The fourth-order valence-corrected chi connectivity index (χ4v) is 2.11. The van der Waals surface area contributed by atoms with Crippen LogP contribution < -0.4 is 5.43 Å². The second-order valence-corrected chi connectivity index (χ2v) is 4.66. The molecule has 0 aromatic heterocycles. The average molecular weight is 324 g/mol. The molecule has 0 unspecified atom stereocenters. The summed E-state index contributed by atoms with van der Waals surface area (Å²) in [4.78, 5) is 10.8. The van der Waals surface area contributed by atoms with Gasteiger partial charge in [-0.05, 0) is 18.2 Å². The smallest absolute Gasteiger partial charge is 0.428 e. The zero-order chi connectivity index (χ0) is 16.6. The summed E-state index contributed by atoms with van der Waals surface area (Å²) in [6.45, 7) is -0.149. The van der Waals surface area contributed by atoms with Crippen molar-refractivity contribution in [3.05, 3.63) is 59.2 Å². The van der Waals surface area contributed by atoms with Crippen LogP contribution in [0.5, 0.6) is 0 Å². The zero-order valence-electron chi connectivity index (χ0n) is 11.4. The van der Waals surface area contributed by atoms with E-state index >= 15 is 0 Å². The predicted molar refractivity (Wildman–Crippen MR) is 72.7 cm³/mol. The molecule has 1 aliphatic heterocycles. The van der Waals surface area contributed by atoms with Gasteiger partial charge in [-0.15, -0.1) is 0 Å². The summed E-state index contributed by atoms with van der Waals surface area (Å²) in [5.74, 6) is -5.35. The predicted octanol–water partition coefficient (Wildman–Crippen LogP) is 3.35. The van der Waals surface area contributed by atoms with Crippen LogP contribution in [0.25, 0.3) is 11.1 Å². The Balaban J connectivity index is 2.01. The topological polar surface area (TPSA) is 50.7 Å². The zero-order valence-corrected chi connectivity index (χ0v) is 11.4. The SMILES string of the molecule is O=C1NN=C(c2ccc(-c3ccc(F)c(F)c3F)c(F)c2)CO1. The number of cyclic esters (lactones) is 1. The number of halogens is 4. The van der Waals surface area contributed by atoms with Gasteiger partial charge >= 0.3 is 6.09 Å². The fourth-order valence-electron chi connectivity index (χ4n) is 2.11. The molecule has 0 saturated carbocycles. The maximum Gasteiger partial charge on any atom is 0.428 e. The van der Waals surface area contributed by atoms with Crippen molar-refractivity contribution >= 4 is 11.8 Å². The molecular formula is C15H8F4N2O2. The summed E-state index contributed by atoms with van der Waals surface area (Å²) < 4.78 is 58.9. The van der Waals surface area contributed by atoms with Crippen molar-refractivity contribution in [2.75, 3.05) is 6.61 Å². The first-order valence-corrected chi connectivity index (χ1v) is 6.40. The maximum atomic E-state index is 14.2. The van der Waals surface area contributed by atoms with Gasteiger partial charge in [-0.1, -0.05) is 12.1 Å². The lowest BCUT2D eigenvalue weighted by Gasteiger charge is -2.14. The lowest BCUT2D eigenvalue weighted by atomic mass is 10.0. The number of hydrazone groups is 1. The van der Waals surface area contributed by atoms with E-state index in [1.807, 2.05) is 0 Å². The molecule has 0 bridgehead atoms. The highest BCUT2D eigenvalue weighted by atomic mass is 19.2. The molecule has 0 aliphatic carbocycles. The lowest BCUT2D eigenvalue weighted by molar-refractivity contribution is 0.157. The molecule has 0 atom stereocenters. The molecule has 1 amide bonds. The van der Waals surface area contributed by atoms with E-state index in [4.69, 9.17) is 4.74 Å². The van der Waals surface area contributed by atoms with E-state index in [9.17, 15) is 22.4 Å². The van der Waals surface area contributed by atoms with Gasteiger partial charge < -0.3 is 4.74 Å². The average Bonchev–Trinajstić information content (AvgIpc) is 2.54. The molecular weight excluding hydrogens is 316 g/mol. The molecule has 0 saturated heterocycles. The molecule has 8 heteroatoms. The first kappa shape index (κ1) is 15.0. The van der Waals surface area contributed by atoms with E-state index in [0.717, 1.165) is 18.2 Å². The Kier molecular flexibility index (Phi) is 3.73. The minimum atomic E-state index is -1.67. The molecule has 1 aliphatic rings. The van der Waals surface area contributed by atoms with Gasteiger partial charge in [0.2, 0.25) is 0 Å². The lowest BCUT2D eigenvalue weighted by Crippen LogP contribution is -2.30. The van der Waals surface area contributed by atoms with Crippen LogP contribution >= 0.6 is 0 Å². The maximum absolute atomic E-state index is 14.2. The van der Waals surface area contributed by atoms with Crippen molar-refractivity contribution in [3.8, 4) is 11.1 Å². The van der Waals surface area contributed by atoms with Crippen LogP contribution in [0, 0.1) is 23.3 Å². The molecule has 0 fully saturated rings. The highest BCUT2D eigenvalue weighted by molar-refractivity contribution is 6.03. The highest BCUT2D eigenvalue weighted by Gasteiger charge is 2.19. The molecule has 23 heavy (non-hydrogen) atoms. The van der Waals surface area contributed by atoms with Gasteiger partial charge in [-0.25, -0.2) is 27.8 Å². The van der Waals surface area contributed by atoms with Crippen molar-refractivity contribution in [3.63, 3.8) is 0 Å². The number of nitrogens with zero attached hydrogens (tertiary/aromatic N) is 1. The Morgan fingerprint density at radius 3 is 2.35 bits per heavy atom. The van der Waals surface area contributed by atoms with Crippen LogP contribution in [0.1, 0.15) is 5.56 Å². The molecule has 4 nitrogen and oxygen atoms in total. The quantitative estimate of drug-likeness (QED) is 0.680. The van der Waals surface area contributed by atoms with E-state index in [1.54, 1.807) is 0 Å². The Morgan fingerprint density at radius 2 is 1.70 bits per heavy atom. The van der Waals surface area contributed by atoms with E-state index < -0.39 is 34.9 Å². The fraction of sp³-hybridized carbons (Fsp3) is 0.0667. The Morgan fingerprint density at radius 1 is 0.957 bits per heavy atom. The summed E-state index contributed by atoms with van der Waals surface area (Å²) in [5, 5.41) is 3.71. The standard InChI is InChI=1S/C15H8F4N2O2/c16-10-4-3-9(13(18)14(10)19)8-2-1-7(5-11(8)17)12-6-23-15(22)21-20-12/h1-5H,6H2,(H,21,22). The van der Waals surface area contributed by atoms with Crippen LogP contribution in [-0.2, 0) is 4.74 Å². The van der Waals surface area contributed by atoms with Gasteiger partial charge in [0.05, 0.1) is 0 Å². The minimum absolute atomic E-state index is 0.149. The number of hydrogen-bond donors (Lipinski definition) is 1. The van der Waals surface area contributed by atoms with Gasteiger partial charge in [-0.2, -0.15) is 5.10 Å². The molecule has 1 N–H and O–H groups in total. The number of nitrogens with one attached hydrogen (secondary N) is 1. The second-order valence-electron chi connectivity index (χ2n) is 4.66. The number of carbonyl (C=O) groups is 1. The Bertz CT molecular complexity index is 836. The van der Waals surface area contributed by atoms with Crippen LogP contribution in [0.15, 0.2) is 35.4 Å². The summed E-state index contributed by atoms with van der Waals surface area (Å²) in [6.07, 6.45) is -0.727. The molecule has 0 radical (unpaired) electrons. The third-order valence-electron chi connectivity index (χ3n) is 3.25. The largest absolute Gasteiger partial charge is 0.442 e.